The highest BCUT2D eigenvalue weighted by Gasteiger charge is 2.34. The molecule has 0 fully saturated rings. The number of anilines is 2. The van der Waals surface area contributed by atoms with E-state index in [-0.39, 0.29) is 66.5 Å². The van der Waals surface area contributed by atoms with E-state index in [9.17, 15) is 25.9 Å². The number of halogens is 2. The van der Waals surface area contributed by atoms with Gasteiger partial charge in [0, 0.05) is 14.1 Å². The minimum Gasteiger partial charge on any atom is -0.450 e. The predicted octanol–water partition coefficient (Wildman–Crippen LogP) is 3.68. The Morgan fingerprint density at radius 1 is 0.694 bits per heavy atom. The van der Waals surface area contributed by atoms with E-state index in [1.807, 2.05) is 0 Å². The van der Waals surface area contributed by atoms with E-state index >= 15 is 0 Å². The number of fused-ring (bicyclic) bond motifs is 4. The first-order valence-electron chi connectivity index (χ1n) is 9.85. The molecular formula is C20H14Cl2N4O8S2. The third-order valence-corrected chi connectivity index (χ3v) is 7.90. The Labute approximate surface area is 213 Å². The minimum atomic E-state index is -4.75. The lowest BCUT2D eigenvalue weighted by Crippen LogP contribution is -2.23. The molecule has 0 amide bonds. The van der Waals surface area contributed by atoms with Crippen molar-refractivity contribution in [3.8, 4) is 23.0 Å². The highest BCUT2D eigenvalue weighted by Crippen LogP contribution is 2.48. The van der Waals surface area contributed by atoms with Crippen molar-refractivity contribution in [3.05, 3.63) is 45.0 Å². The predicted molar refractivity (Wildman–Crippen MR) is 130 cm³/mol. The van der Waals surface area contributed by atoms with Crippen LogP contribution < -0.4 is 30.8 Å². The van der Waals surface area contributed by atoms with Gasteiger partial charge in [-0.3, -0.25) is 9.11 Å². The van der Waals surface area contributed by atoms with Gasteiger partial charge in [-0.05, 0) is 24.3 Å². The number of benzene rings is 3. The molecule has 3 aromatic carbocycles. The third-order valence-electron chi connectivity index (χ3n) is 5.35. The van der Waals surface area contributed by atoms with Crippen LogP contribution in [0.4, 0.5) is 22.7 Å². The molecule has 2 aliphatic heterocycles. The number of nitrogens with one attached hydrogen (secondary N) is 2. The molecule has 12 nitrogen and oxygen atoms in total. The Morgan fingerprint density at radius 2 is 1.06 bits per heavy atom. The maximum Gasteiger partial charge on any atom is 0.300 e. The second-order valence-corrected chi connectivity index (χ2v) is 10.9. The fraction of sp³-hybridized carbons (Fsp3) is 0.100. The lowest BCUT2D eigenvalue weighted by Gasteiger charge is -2.23. The Balaban J connectivity index is 1.82. The van der Waals surface area contributed by atoms with Crippen LogP contribution in [0, 0.1) is 0 Å². The molecule has 0 saturated heterocycles. The first-order valence-corrected chi connectivity index (χ1v) is 13.5. The zero-order valence-corrected chi connectivity index (χ0v) is 21.3. The molecule has 16 heteroatoms. The van der Waals surface area contributed by atoms with Crippen LogP contribution in [0.2, 0.25) is 10.0 Å². The van der Waals surface area contributed by atoms with Crippen LogP contribution in [0.5, 0.6) is 23.0 Å². The van der Waals surface area contributed by atoms with Crippen molar-refractivity contribution < 1.29 is 35.4 Å². The third kappa shape index (κ3) is 3.65. The Morgan fingerprint density at radius 3 is 1.36 bits per heavy atom. The molecule has 0 aromatic heterocycles. The van der Waals surface area contributed by atoms with Gasteiger partial charge >= 0.3 is 0 Å². The summed E-state index contributed by atoms with van der Waals surface area (Å²) in [4.78, 5) is 7.57. The maximum absolute atomic E-state index is 12.1. The number of rotatable bonds is 4. The Kier molecular flexibility index (Phi) is 5.59. The first-order chi connectivity index (χ1) is 16.9. The van der Waals surface area contributed by atoms with Crippen LogP contribution in [-0.4, -0.2) is 40.0 Å². The molecule has 4 N–H and O–H groups in total. The average molecular weight is 573 g/mol. The van der Waals surface area contributed by atoms with E-state index in [4.69, 9.17) is 32.7 Å². The van der Waals surface area contributed by atoms with Crippen LogP contribution in [0.1, 0.15) is 0 Å². The second-order valence-electron chi connectivity index (χ2n) is 7.44. The van der Waals surface area contributed by atoms with Crippen LogP contribution in [-0.2, 0) is 20.2 Å². The standard InChI is InChI=1S/C20H14Cl2N4O8S2/c1-23-9-5-3-7-15(19(9)35(27,28)29)33-17-11(21)14-18(12(22)13(17)25-7)34-16-8(26-14)4-6-10(24-2)20(16)36(30,31)32/h3-6,23-24H,1-2H3,(H,27,28,29)(H,30,31,32). The average Bonchev–Trinajstić information content (AvgIpc) is 2.82. The normalized spacial score (nSPS) is 13.5. The fourth-order valence-electron chi connectivity index (χ4n) is 3.84. The molecule has 36 heavy (non-hydrogen) atoms. The summed E-state index contributed by atoms with van der Waals surface area (Å²) in [6, 6.07) is 5.60. The van der Waals surface area contributed by atoms with Gasteiger partial charge in [-0.2, -0.15) is 16.8 Å². The van der Waals surface area contributed by atoms with Gasteiger partial charge < -0.3 is 20.1 Å². The largest absolute Gasteiger partial charge is 0.450 e. The summed E-state index contributed by atoms with van der Waals surface area (Å²) in [6.07, 6.45) is 0. The van der Waals surface area contributed by atoms with Gasteiger partial charge in [0.05, 0.1) is 11.4 Å². The summed E-state index contributed by atoms with van der Waals surface area (Å²) in [5, 5.41) is 4.86. The van der Waals surface area contributed by atoms with Crippen molar-refractivity contribution in [2.24, 2.45) is 9.98 Å². The van der Waals surface area contributed by atoms with Crippen molar-refractivity contribution >= 4 is 66.2 Å². The lowest BCUT2D eigenvalue weighted by molar-refractivity contribution is 0.428. The highest BCUT2D eigenvalue weighted by atomic mass is 35.5. The van der Waals surface area contributed by atoms with Crippen LogP contribution >= 0.6 is 23.2 Å². The zero-order chi connectivity index (χ0) is 26.2. The first kappa shape index (κ1) is 24.5. The lowest BCUT2D eigenvalue weighted by atomic mass is 10.2. The van der Waals surface area contributed by atoms with Crippen molar-refractivity contribution in [1.29, 1.82) is 0 Å². The molecule has 2 aliphatic rings. The molecule has 0 spiro atoms. The highest BCUT2D eigenvalue weighted by molar-refractivity contribution is 7.86. The SMILES string of the molecule is CNc1ccc2c(c1S(=O)(=O)O)Oc1c(Cl)c3c(c(Cl)c1=N2)Oc1c(ccc(NC)c1S(=O)(=O)O)N=3. The maximum atomic E-state index is 12.1. The van der Waals surface area contributed by atoms with E-state index < -0.39 is 30.0 Å². The molecule has 2 heterocycles. The number of nitrogens with zero attached hydrogens (tertiary/aromatic N) is 2. The zero-order valence-electron chi connectivity index (χ0n) is 18.1. The molecule has 3 aromatic rings. The molecule has 0 atom stereocenters. The Bertz CT molecular complexity index is 1710. The van der Waals surface area contributed by atoms with Gasteiger partial charge in [0.2, 0.25) is 0 Å². The summed E-state index contributed by atoms with van der Waals surface area (Å²) in [7, 11) is -6.59. The van der Waals surface area contributed by atoms with E-state index in [1.165, 1.54) is 38.4 Å². The topological polar surface area (TPSA) is 176 Å². The van der Waals surface area contributed by atoms with E-state index in [2.05, 4.69) is 20.6 Å². The van der Waals surface area contributed by atoms with Crippen molar-refractivity contribution in [2.45, 2.75) is 9.79 Å². The van der Waals surface area contributed by atoms with E-state index in [0.717, 1.165) is 0 Å². The van der Waals surface area contributed by atoms with Crippen molar-refractivity contribution in [2.75, 3.05) is 24.7 Å². The second kappa shape index (κ2) is 8.19. The van der Waals surface area contributed by atoms with Gasteiger partial charge in [-0.15, -0.1) is 0 Å². The molecular weight excluding hydrogens is 559 g/mol. The summed E-state index contributed by atoms with van der Waals surface area (Å²) in [5.74, 6) is -0.911. The van der Waals surface area contributed by atoms with Gasteiger partial charge in [0.25, 0.3) is 20.2 Å². The van der Waals surface area contributed by atoms with Gasteiger partial charge in [0.15, 0.2) is 32.8 Å². The molecule has 0 aliphatic carbocycles. The Hall–Kier alpha value is -3.14. The quantitative estimate of drug-likeness (QED) is 0.232. The number of ether oxygens (including phenoxy) is 2. The van der Waals surface area contributed by atoms with Crippen molar-refractivity contribution in [3.63, 3.8) is 0 Å². The van der Waals surface area contributed by atoms with Gasteiger partial charge in [0.1, 0.15) is 32.1 Å². The monoisotopic (exact) mass is 572 g/mol. The van der Waals surface area contributed by atoms with Crippen molar-refractivity contribution in [1.82, 2.24) is 0 Å². The fourth-order valence-corrected chi connectivity index (χ4v) is 6.01. The summed E-state index contributed by atoms with van der Waals surface area (Å²) in [5.41, 5.74) is 0.123. The van der Waals surface area contributed by atoms with Crippen LogP contribution in [0.15, 0.2) is 44.0 Å². The summed E-state index contributed by atoms with van der Waals surface area (Å²) >= 11 is 13.1. The van der Waals surface area contributed by atoms with Crippen LogP contribution in [0.3, 0.4) is 0 Å². The number of hydrogen-bond acceptors (Lipinski definition) is 10. The summed E-state index contributed by atoms with van der Waals surface area (Å²) in [6.45, 7) is 0. The number of hydrogen-bond donors (Lipinski definition) is 4. The minimum absolute atomic E-state index is 0.0104. The molecule has 0 radical (unpaired) electrons. The smallest absolute Gasteiger partial charge is 0.300 e. The molecule has 0 saturated carbocycles. The van der Waals surface area contributed by atoms with Gasteiger partial charge in [-0.25, -0.2) is 9.98 Å². The van der Waals surface area contributed by atoms with E-state index in [1.54, 1.807) is 0 Å². The van der Waals surface area contributed by atoms with Gasteiger partial charge in [-0.1, -0.05) is 23.2 Å². The van der Waals surface area contributed by atoms with Crippen LogP contribution in [0.25, 0.3) is 0 Å². The molecule has 5 rings (SSSR count). The summed E-state index contributed by atoms with van der Waals surface area (Å²) < 4.78 is 79.6. The van der Waals surface area contributed by atoms with E-state index in [0.29, 0.717) is 0 Å². The molecule has 0 unspecified atom stereocenters. The molecule has 0 bridgehead atoms. The molecule has 188 valence electrons.